The number of carbonyl (C=O) groups is 1. The number of anilines is 1. The monoisotopic (exact) mass is 265 g/mol. The molecule has 0 spiro atoms. The Bertz CT molecular complexity index is 478. The lowest BCUT2D eigenvalue weighted by Crippen LogP contribution is -2.24. The second-order valence-corrected chi connectivity index (χ2v) is 4.89. The topological polar surface area (TPSA) is 75.6 Å². The standard InChI is InChI=1S/C13H19N3O3/c1-4-19-12-9(3)11(14-7-15-12)16-5-8(2)10(6-16)13(17)18/h7-8,10H,4-6H2,1-3H3,(H,17,18). The highest BCUT2D eigenvalue weighted by Gasteiger charge is 2.36. The Morgan fingerprint density at radius 1 is 1.53 bits per heavy atom. The van der Waals surface area contributed by atoms with Crippen LogP contribution in [0.25, 0.3) is 0 Å². The van der Waals surface area contributed by atoms with Gasteiger partial charge in [0.05, 0.1) is 18.1 Å². The maximum absolute atomic E-state index is 11.2. The summed E-state index contributed by atoms with van der Waals surface area (Å²) in [5.74, 6) is 0.368. The summed E-state index contributed by atoms with van der Waals surface area (Å²) < 4.78 is 5.44. The van der Waals surface area contributed by atoms with Crippen molar-refractivity contribution < 1.29 is 14.6 Å². The Morgan fingerprint density at radius 2 is 2.26 bits per heavy atom. The predicted molar refractivity (Wildman–Crippen MR) is 70.4 cm³/mol. The van der Waals surface area contributed by atoms with E-state index in [-0.39, 0.29) is 11.8 Å². The Hall–Kier alpha value is -1.85. The zero-order valence-corrected chi connectivity index (χ0v) is 11.5. The van der Waals surface area contributed by atoms with Crippen LogP contribution in [0.1, 0.15) is 19.4 Å². The molecule has 2 rings (SSSR count). The van der Waals surface area contributed by atoms with Gasteiger partial charge in [0.1, 0.15) is 12.1 Å². The Morgan fingerprint density at radius 3 is 2.84 bits per heavy atom. The number of carboxylic acid groups (broad SMARTS) is 1. The molecule has 104 valence electrons. The van der Waals surface area contributed by atoms with Gasteiger partial charge < -0.3 is 14.7 Å². The van der Waals surface area contributed by atoms with Gasteiger partial charge in [-0.1, -0.05) is 6.92 Å². The average Bonchev–Trinajstić information content (AvgIpc) is 2.74. The van der Waals surface area contributed by atoms with Crippen molar-refractivity contribution >= 4 is 11.8 Å². The van der Waals surface area contributed by atoms with Crippen LogP contribution in [0.15, 0.2) is 6.33 Å². The fourth-order valence-electron chi connectivity index (χ4n) is 2.49. The molecule has 6 heteroatoms. The van der Waals surface area contributed by atoms with Crippen molar-refractivity contribution in [3.05, 3.63) is 11.9 Å². The van der Waals surface area contributed by atoms with E-state index < -0.39 is 5.97 Å². The molecule has 6 nitrogen and oxygen atoms in total. The normalized spacial score (nSPS) is 22.6. The lowest BCUT2D eigenvalue weighted by Gasteiger charge is -2.20. The molecule has 1 aliphatic heterocycles. The van der Waals surface area contributed by atoms with Crippen LogP contribution in [0.2, 0.25) is 0 Å². The van der Waals surface area contributed by atoms with Gasteiger partial charge in [-0.3, -0.25) is 4.79 Å². The highest BCUT2D eigenvalue weighted by atomic mass is 16.5. The van der Waals surface area contributed by atoms with Gasteiger partial charge in [-0.15, -0.1) is 0 Å². The van der Waals surface area contributed by atoms with Crippen molar-refractivity contribution in [3.8, 4) is 5.88 Å². The molecule has 0 amide bonds. The molecule has 1 N–H and O–H groups in total. The first kappa shape index (κ1) is 13.6. The number of ether oxygens (including phenoxy) is 1. The van der Waals surface area contributed by atoms with Gasteiger partial charge in [0.25, 0.3) is 0 Å². The van der Waals surface area contributed by atoms with Crippen molar-refractivity contribution in [2.24, 2.45) is 11.8 Å². The number of rotatable bonds is 4. The van der Waals surface area contributed by atoms with Crippen LogP contribution >= 0.6 is 0 Å². The van der Waals surface area contributed by atoms with Crippen LogP contribution in [0.3, 0.4) is 0 Å². The second kappa shape index (κ2) is 5.42. The van der Waals surface area contributed by atoms with Crippen molar-refractivity contribution in [2.75, 3.05) is 24.6 Å². The molecule has 0 bridgehead atoms. The van der Waals surface area contributed by atoms with Crippen molar-refractivity contribution in [3.63, 3.8) is 0 Å². The van der Waals surface area contributed by atoms with Gasteiger partial charge in [-0.2, -0.15) is 0 Å². The molecule has 1 fully saturated rings. The molecule has 1 saturated heterocycles. The van der Waals surface area contributed by atoms with Crippen molar-refractivity contribution in [1.82, 2.24) is 9.97 Å². The minimum Gasteiger partial charge on any atom is -0.481 e. The predicted octanol–water partition coefficient (Wildman–Crippen LogP) is 1.34. The minimum atomic E-state index is -0.744. The fourth-order valence-corrected chi connectivity index (χ4v) is 2.49. The summed E-state index contributed by atoms with van der Waals surface area (Å²) in [5, 5.41) is 9.17. The number of aromatic nitrogens is 2. The van der Waals surface area contributed by atoms with Gasteiger partial charge in [0, 0.05) is 13.1 Å². The van der Waals surface area contributed by atoms with Crippen molar-refractivity contribution in [2.45, 2.75) is 20.8 Å². The summed E-state index contributed by atoms with van der Waals surface area (Å²) in [5.41, 5.74) is 0.864. The van der Waals surface area contributed by atoms with E-state index in [9.17, 15) is 9.90 Å². The van der Waals surface area contributed by atoms with Crippen LogP contribution in [0.4, 0.5) is 5.82 Å². The first-order chi connectivity index (χ1) is 9.04. The molecule has 19 heavy (non-hydrogen) atoms. The molecule has 0 aliphatic carbocycles. The number of carboxylic acids is 1. The summed E-state index contributed by atoms with van der Waals surface area (Å²) in [4.78, 5) is 21.5. The van der Waals surface area contributed by atoms with Crippen LogP contribution in [0, 0.1) is 18.8 Å². The fraction of sp³-hybridized carbons (Fsp3) is 0.615. The third-order valence-corrected chi connectivity index (χ3v) is 3.52. The summed E-state index contributed by atoms with van der Waals surface area (Å²) in [6.07, 6.45) is 1.46. The molecule has 2 unspecified atom stereocenters. The Balaban J connectivity index is 2.24. The molecule has 1 aliphatic rings. The molecular weight excluding hydrogens is 246 g/mol. The number of aliphatic carboxylic acids is 1. The van der Waals surface area contributed by atoms with Crippen LogP contribution in [-0.4, -0.2) is 40.7 Å². The first-order valence-corrected chi connectivity index (χ1v) is 6.46. The van der Waals surface area contributed by atoms with E-state index in [1.165, 1.54) is 6.33 Å². The summed E-state index contributed by atoms with van der Waals surface area (Å²) >= 11 is 0. The largest absolute Gasteiger partial charge is 0.481 e. The zero-order chi connectivity index (χ0) is 14.0. The van der Waals surface area contributed by atoms with Crippen LogP contribution in [0.5, 0.6) is 5.88 Å². The SMILES string of the molecule is CCOc1ncnc(N2CC(C)C(C(=O)O)C2)c1C. The van der Waals surface area contributed by atoms with Crippen LogP contribution < -0.4 is 9.64 Å². The molecule has 0 saturated carbocycles. The van der Waals surface area contributed by atoms with Gasteiger partial charge in [0.15, 0.2) is 0 Å². The van der Waals surface area contributed by atoms with E-state index >= 15 is 0 Å². The minimum absolute atomic E-state index is 0.113. The molecule has 0 aromatic carbocycles. The molecule has 2 atom stereocenters. The zero-order valence-electron chi connectivity index (χ0n) is 11.5. The van der Waals surface area contributed by atoms with E-state index in [4.69, 9.17) is 4.74 Å². The molecule has 1 aromatic heterocycles. The van der Waals surface area contributed by atoms with Crippen LogP contribution in [-0.2, 0) is 4.79 Å². The van der Waals surface area contributed by atoms with Crippen molar-refractivity contribution in [1.29, 1.82) is 0 Å². The number of hydrogen-bond donors (Lipinski definition) is 1. The third-order valence-electron chi connectivity index (χ3n) is 3.52. The van der Waals surface area contributed by atoms with E-state index in [1.54, 1.807) is 0 Å². The van der Waals surface area contributed by atoms with E-state index in [0.29, 0.717) is 25.6 Å². The lowest BCUT2D eigenvalue weighted by molar-refractivity contribution is -0.142. The van der Waals surface area contributed by atoms with E-state index in [2.05, 4.69) is 9.97 Å². The third kappa shape index (κ3) is 2.62. The van der Waals surface area contributed by atoms with Gasteiger partial charge >= 0.3 is 5.97 Å². The molecular formula is C13H19N3O3. The summed E-state index contributed by atoms with van der Waals surface area (Å²) in [7, 11) is 0. The van der Waals surface area contributed by atoms with Gasteiger partial charge in [-0.25, -0.2) is 9.97 Å². The molecule has 1 aromatic rings. The quantitative estimate of drug-likeness (QED) is 0.885. The maximum Gasteiger partial charge on any atom is 0.308 e. The molecule has 0 radical (unpaired) electrons. The average molecular weight is 265 g/mol. The molecule has 2 heterocycles. The maximum atomic E-state index is 11.2. The number of hydrogen-bond acceptors (Lipinski definition) is 5. The Labute approximate surface area is 112 Å². The van der Waals surface area contributed by atoms with Gasteiger partial charge in [-0.05, 0) is 19.8 Å². The Kier molecular flexibility index (Phi) is 3.87. The second-order valence-electron chi connectivity index (χ2n) is 4.89. The van der Waals surface area contributed by atoms with Gasteiger partial charge in [0.2, 0.25) is 5.88 Å². The summed E-state index contributed by atoms with van der Waals surface area (Å²) in [6.45, 7) is 7.49. The van der Waals surface area contributed by atoms with E-state index in [1.807, 2.05) is 25.7 Å². The number of nitrogens with zero attached hydrogens (tertiary/aromatic N) is 3. The smallest absolute Gasteiger partial charge is 0.308 e. The summed E-state index contributed by atoms with van der Waals surface area (Å²) in [6, 6.07) is 0. The lowest BCUT2D eigenvalue weighted by atomic mass is 9.99. The van der Waals surface area contributed by atoms with E-state index in [0.717, 1.165) is 11.4 Å². The highest BCUT2D eigenvalue weighted by molar-refractivity contribution is 5.72. The first-order valence-electron chi connectivity index (χ1n) is 6.46. The highest BCUT2D eigenvalue weighted by Crippen LogP contribution is 2.31.